The van der Waals surface area contributed by atoms with E-state index < -0.39 is 30.3 Å². The van der Waals surface area contributed by atoms with Gasteiger partial charge in [-0.2, -0.15) is 13.2 Å². The van der Waals surface area contributed by atoms with Crippen molar-refractivity contribution in [3.63, 3.8) is 0 Å². The van der Waals surface area contributed by atoms with Crippen molar-refractivity contribution >= 4 is 12.0 Å². The second-order valence-electron chi connectivity index (χ2n) is 4.14. The molecule has 1 aliphatic rings. The third kappa shape index (κ3) is 3.24. The molecular formula is C9H13F3N2O3. The van der Waals surface area contributed by atoms with Gasteiger partial charge in [0.05, 0.1) is 0 Å². The highest BCUT2D eigenvalue weighted by Gasteiger charge is 2.42. The van der Waals surface area contributed by atoms with Gasteiger partial charge in [0, 0.05) is 13.1 Å². The molecule has 0 atom stereocenters. The fourth-order valence-electron chi connectivity index (χ4n) is 1.44. The second-order valence-corrected chi connectivity index (χ2v) is 4.14. The lowest BCUT2D eigenvalue weighted by Crippen LogP contribution is -2.63. The minimum atomic E-state index is -4.57. The number of rotatable bonds is 1. The molecule has 1 fully saturated rings. The van der Waals surface area contributed by atoms with Crippen LogP contribution in [0, 0.1) is 0 Å². The highest BCUT2D eigenvalue weighted by molar-refractivity contribution is 5.90. The molecule has 98 valence electrons. The number of carbonyl (C=O) groups excluding carboxylic acids is 2. The minimum absolute atomic E-state index is 0.120. The Morgan fingerprint density at radius 3 is 2.65 bits per heavy atom. The van der Waals surface area contributed by atoms with Crippen molar-refractivity contribution in [2.75, 3.05) is 19.7 Å². The van der Waals surface area contributed by atoms with Gasteiger partial charge in [-0.15, -0.1) is 0 Å². The van der Waals surface area contributed by atoms with Crippen LogP contribution in [0.4, 0.5) is 18.0 Å². The van der Waals surface area contributed by atoms with E-state index >= 15 is 0 Å². The first kappa shape index (κ1) is 13.6. The first-order valence-corrected chi connectivity index (χ1v) is 4.94. The number of alkyl halides is 3. The zero-order valence-electron chi connectivity index (χ0n) is 9.43. The largest absolute Gasteiger partial charge is 0.440 e. The lowest BCUT2D eigenvalue weighted by molar-refractivity contribution is -0.164. The molecule has 1 aliphatic heterocycles. The van der Waals surface area contributed by atoms with Crippen molar-refractivity contribution in [1.82, 2.24) is 10.2 Å². The summed E-state index contributed by atoms with van der Waals surface area (Å²) >= 11 is 0. The Morgan fingerprint density at radius 1 is 1.53 bits per heavy atom. The number of amides is 2. The number of hydrogen-bond acceptors (Lipinski definition) is 3. The Labute approximate surface area is 95.9 Å². The first-order valence-electron chi connectivity index (χ1n) is 4.94. The molecule has 0 aliphatic carbocycles. The molecule has 1 rings (SSSR count). The molecule has 2 amide bonds. The summed E-state index contributed by atoms with van der Waals surface area (Å²) in [6.45, 7) is 1.55. The van der Waals surface area contributed by atoms with Crippen molar-refractivity contribution in [3.05, 3.63) is 0 Å². The van der Waals surface area contributed by atoms with E-state index in [1.165, 1.54) is 13.8 Å². The summed E-state index contributed by atoms with van der Waals surface area (Å²) in [6, 6.07) is 0. The van der Waals surface area contributed by atoms with Crippen LogP contribution in [0.3, 0.4) is 0 Å². The molecule has 0 unspecified atom stereocenters. The van der Waals surface area contributed by atoms with Crippen LogP contribution in [0.15, 0.2) is 0 Å². The van der Waals surface area contributed by atoms with Crippen molar-refractivity contribution < 1.29 is 27.5 Å². The standard InChI is InChI=1S/C9H13F3N2O3/c1-8(2)6(15)13-3-4-14(8)7(16)17-5-9(10,11)12/h3-5H2,1-2H3,(H,13,15). The van der Waals surface area contributed by atoms with E-state index in [1.807, 2.05) is 0 Å². The van der Waals surface area contributed by atoms with E-state index in [4.69, 9.17) is 0 Å². The van der Waals surface area contributed by atoms with Gasteiger partial charge in [0.25, 0.3) is 0 Å². The van der Waals surface area contributed by atoms with E-state index in [2.05, 4.69) is 10.1 Å². The summed E-state index contributed by atoms with van der Waals surface area (Å²) in [5, 5.41) is 2.52. The van der Waals surface area contributed by atoms with Crippen LogP contribution in [-0.2, 0) is 9.53 Å². The molecule has 0 spiro atoms. The van der Waals surface area contributed by atoms with Gasteiger partial charge in [0.1, 0.15) is 5.54 Å². The van der Waals surface area contributed by atoms with E-state index in [0.717, 1.165) is 4.90 Å². The van der Waals surface area contributed by atoms with E-state index in [1.54, 1.807) is 0 Å². The van der Waals surface area contributed by atoms with Gasteiger partial charge in [0.15, 0.2) is 6.61 Å². The first-order chi connectivity index (χ1) is 7.64. The van der Waals surface area contributed by atoms with Crippen molar-refractivity contribution in [2.24, 2.45) is 0 Å². The molecule has 17 heavy (non-hydrogen) atoms. The van der Waals surface area contributed by atoms with Crippen LogP contribution in [0.25, 0.3) is 0 Å². The SMILES string of the molecule is CC1(C)C(=O)NCCN1C(=O)OCC(F)(F)F. The van der Waals surface area contributed by atoms with Crippen molar-refractivity contribution in [1.29, 1.82) is 0 Å². The average Bonchev–Trinajstić information content (AvgIpc) is 2.17. The molecule has 0 radical (unpaired) electrons. The third-order valence-electron chi connectivity index (χ3n) is 2.43. The zero-order chi connectivity index (χ0) is 13.3. The van der Waals surface area contributed by atoms with Crippen LogP contribution in [0.2, 0.25) is 0 Å². The lowest BCUT2D eigenvalue weighted by Gasteiger charge is -2.40. The van der Waals surface area contributed by atoms with Gasteiger partial charge in [-0.25, -0.2) is 4.79 Å². The maximum atomic E-state index is 11.9. The summed E-state index contributed by atoms with van der Waals surface area (Å²) in [5.74, 6) is -0.423. The number of ether oxygens (including phenoxy) is 1. The van der Waals surface area contributed by atoms with Crippen molar-refractivity contribution in [3.8, 4) is 0 Å². The predicted molar refractivity (Wildman–Crippen MR) is 51.2 cm³/mol. The lowest BCUT2D eigenvalue weighted by atomic mass is 10.00. The highest BCUT2D eigenvalue weighted by atomic mass is 19.4. The summed E-state index contributed by atoms with van der Waals surface area (Å²) < 4.78 is 39.7. The number of carbonyl (C=O) groups is 2. The molecule has 1 heterocycles. The van der Waals surface area contributed by atoms with Gasteiger partial charge in [-0.3, -0.25) is 9.69 Å². The fraction of sp³-hybridized carbons (Fsp3) is 0.778. The molecule has 8 heteroatoms. The molecule has 0 aromatic rings. The normalized spacial score (nSPS) is 19.8. The Morgan fingerprint density at radius 2 is 2.12 bits per heavy atom. The molecular weight excluding hydrogens is 241 g/mol. The Kier molecular flexibility index (Phi) is 3.53. The maximum Gasteiger partial charge on any atom is 0.422 e. The predicted octanol–water partition coefficient (Wildman–Crippen LogP) is 0.896. The molecule has 1 N–H and O–H groups in total. The van der Waals surface area contributed by atoms with Gasteiger partial charge < -0.3 is 10.1 Å². The monoisotopic (exact) mass is 254 g/mol. The highest BCUT2D eigenvalue weighted by Crippen LogP contribution is 2.20. The summed E-state index contributed by atoms with van der Waals surface area (Å²) in [5.41, 5.74) is -1.21. The quantitative estimate of drug-likeness (QED) is 0.756. The molecule has 0 aromatic carbocycles. The van der Waals surface area contributed by atoms with Gasteiger partial charge in [-0.1, -0.05) is 0 Å². The van der Waals surface area contributed by atoms with E-state index in [9.17, 15) is 22.8 Å². The summed E-state index contributed by atoms with van der Waals surface area (Å²) in [7, 11) is 0. The van der Waals surface area contributed by atoms with Gasteiger partial charge >= 0.3 is 12.3 Å². The van der Waals surface area contributed by atoms with Gasteiger partial charge in [-0.05, 0) is 13.8 Å². The third-order valence-corrected chi connectivity index (χ3v) is 2.43. The Bertz CT molecular complexity index is 328. The number of hydrogen-bond donors (Lipinski definition) is 1. The Balaban J connectivity index is 2.65. The van der Waals surface area contributed by atoms with Crippen LogP contribution >= 0.6 is 0 Å². The maximum absolute atomic E-state index is 11.9. The molecule has 0 aromatic heterocycles. The number of nitrogens with zero attached hydrogens (tertiary/aromatic N) is 1. The smallest absolute Gasteiger partial charge is 0.422 e. The van der Waals surface area contributed by atoms with Crippen LogP contribution in [0.5, 0.6) is 0 Å². The number of piperazine rings is 1. The van der Waals surface area contributed by atoms with Crippen LogP contribution in [0.1, 0.15) is 13.8 Å². The molecule has 0 bridgehead atoms. The van der Waals surface area contributed by atoms with Crippen LogP contribution in [-0.4, -0.2) is 48.3 Å². The van der Waals surface area contributed by atoms with Crippen LogP contribution < -0.4 is 5.32 Å². The zero-order valence-corrected chi connectivity index (χ0v) is 9.43. The van der Waals surface area contributed by atoms with Gasteiger partial charge in [0.2, 0.25) is 5.91 Å². The average molecular weight is 254 g/mol. The van der Waals surface area contributed by atoms with Crippen molar-refractivity contribution in [2.45, 2.75) is 25.6 Å². The molecule has 5 nitrogen and oxygen atoms in total. The second kappa shape index (κ2) is 4.42. The molecule has 1 saturated heterocycles. The van der Waals surface area contributed by atoms with E-state index in [0.29, 0.717) is 0 Å². The van der Waals surface area contributed by atoms with E-state index in [-0.39, 0.29) is 13.1 Å². The fourth-order valence-corrected chi connectivity index (χ4v) is 1.44. The summed E-state index contributed by atoms with van der Waals surface area (Å²) in [4.78, 5) is 23.9. The Hall–Kier alpha value is -1.47. The minimum Gasteiger partial charge on any atom is -0.440 e. The number of nitrogens with one attached hydrogen (secondary N) is 1. The number of halogens is 3. The summed E-state index contributed by atoms with van der Waals surface area (Å²) in [6.07, 6.45) is -5.71. The molecule has 0 saturated carbocycles. The topological polar surface area (TPSA) is 58.6 Å².